The van der Waals surface area contributed by atoms with Crippen LogP contribution in [0.25, 0.3) is 0 Å². The second-order valence-electron chi connectivity index (χ2n) is 5.65. The fourth-order valence-corrected chi connectivity index (χ4v) is 2.89. The largest absolute Gasteiger partial charge is 0.494 e. The predicted molar refractivity (Wildman–Crippen MR) is 100 cm³/mol. The lowest BCUT2D eigenvalue weighted by Gasteiger charge is -2.05. The van der Waals surface area contributed by atoms with Gasteiger partial charge in [-0.05, 0) is 48.9 Å². The topological polar surface area (TPSA) is 50.7 Å². The fourth-order valence-electron chi connectivity index (χ4n) is 2.52. The minimum Gasteiger partial charge on any atom is -0.494 e. The predicted octanol–water partition coefficient (Wildman–Crippen LogP) is 5.09. The number of hydrogen-bond donors (Lipinski definition) is 1. The van der Waals surface area contributed by atoms with Gasteiger partial charge in [-0.15, -0.1) is 0 Å². The summed E-state index contributed by atoms with van der Waals surface area (Å²) in [5, 5.41) is 2.83. The van der Waals surface area contributed by atoms with Gasteiger partial charge in [-0.3, -0.25) is 4.79 Å². The first-order valence-electron chi connectivity index (χ1n) is 8.10. The van der Waals surface area contributed by atoms with E-state index in [1.54, 1.807) is 0 Å². The fraction of sp³-hybridized carbons (Fsp3) is 0.263. The van der Waals surface area contributed by atoms with Crippen molar-refractivity contribution in [1.82, 2.24) is 0 Å². The summed E-state index contributed by atoms with van der Waals surface area (Å²) in [6.45, 7) is 2.90. The molecule has 1 N–H and O–H groups in total. The van der Waals surface area contributed by atoms with E-state index >= 15 is 0 Å². The maximum atomic E-state index is 12.1. The molecule has 1 aliphatic rings. The molecule has 4 nitrogen and oxygen atoms in total. The number of rotatable bonds is 6. The molecule has 24 heavy (non-hydrogen) atoms. The summed E-state index contributed by atoms with van der Waals surface area (Å²) in [6.07, 6.45) is 3.42. The molecule has 2 aromatic carbocycles. The zero-order chi connectivity index (χ0) is 16.9. The highest BCUT2D eigenvalue weighted by molar-refractivity contribution is 9.10. The molecule has 0 aliphatic carbocycles. The molecule has 0 spiro atoms. The van der Waals surface area contributed by atoms with Crippen molar-refractivity contribution in [2.75, 3.05) is 11.9 Å². The van der Waals surface area contributed by atoms with Gasteiger partial charge in [0.15, 0.2) is 0 Å². The number of ether oxygens (including phenoxy) is 1. The molecule has 0 radical (unpaired) electrons. The second-order valence-corrected chi connectivity index (χ2v) is 6.57. The number of halogens is 1. The summed E-state index contributed by atoms with van der Waals surface area (Å²) in [5.41, 5.74) is 2.77. The average molecular weight is 387 g/mol. The Bertz CT molecular complexity index is 769. The van der Waals surface area contributed by atoms with Crippen LogP contribution in [-0.4, -0.2) is 18.2 Å². The highest BCUT2D eigenvalue weighted by atomic mass is 79.9. The Morgan fingerprint density at radius 1 is 1.12 bits per heavy atom. The molecule has 0 saturated carbocycles. The first-order chi connectivity index (χ1) is 11.7. The van der Waals surface area contributed by atoms with Crippen LogP contribution in [0.2, 0.25) is 0 Å². The maximum Gasteiger partial charge on any atom is 0.275 e. The minimum atomic E-state index is -0.178. The molecule has 0 fully saturated rings. The third-order valence-corrected chi connectivity index (χ3v) is 4.29. The van der Waals surface area contributed by atoms with Gasteiger partial charge in [0.2, 0.25) is 0 Å². The van der Waals surface area contributed by atoms with Crippen LogP contribution in [0.3, 0.4) is 0 Å². The molecular formula is C19H19BrN2O2. The number of carbonyl (C=O) groups is 1. The molecular weight excluding hydrogens is 368 g/mol. The van der Waals surface area contributed by atoms with Crippen LogP contribution in [0.4, 0.5) is 11.4 Å². The van der Waals surface area contributed by atoms with Gasteiger partial charge in [-0.25, -0.2) is 4.99 Å². The summed E-state index contributed by atoms with van der Waals surface area (Å²) >= 11 is 3.43. The minimum absolute atomic E-state index is 0.178. The van der Waals surface area contributed by atoms with Gasteiger partial charge in [-0.1, -0.05) is 35.7 Å². The molecule has 2 aromatic rings. The van der Waals surface area contributed by atoms with E-state index in [9.17, 15) is 4.79 Å². The Morgan fingerprint density at radius 3 is 2.67 bits per heavy atom. The van der Waals surface area contributed by atoms with E-state index in [2.05, 4.69) is 33.2 Å². The van der Waals surface area contributed by atoms with E-state index in [1.807, 2.05) is 42.5 Å². The number of hydrogen-bond acceptors (Lipinski definition) is 3. The van der Waals surface area contributed by atoms with Gasteiger partial charge < -0.3 is 10.1 Å². The Labute approximate surface area is 150 Å². The van der Waals surface area contributed by atoms with E-state index in [4.69, 9.17) is 4.74 Å². The molecule has 0 aromatic heterocycles. The van der Waals surface area contributed by atoms with Crippen molar-refractivity contribution in [2.24, 2.45) is 4.99 Å². The van der Waals surface area contributed by atoms with Crippen molar-refractivity contribution in [2.45, 2.75) is 26.2 Å². The van der Waals surface area contributed by atoms with Crippen LogP contribution in [0.5, 0.6) is 5.75 Å². The quantitative estimate of drug-likeness (QED) is 0.702. The lowest BCUT2D eigenvalue weighted by Crippen LogP contribution is -2.13. The molecule has 3 rings (SSSR count). The molecule has 0 bridgehead atoms. The zero-order valence-electron chi connectivity index (χ0n) is 13.5. The first-order valence-corrected chi connectivity index (χ1v) is 8.89. The van der Waals surface area contributed by atoms with Gasteiger partial charge in [0.25, 0.3) is 5.91 Å². The normalized spacial score (nSPS) is 14.6. The molecule has 1 amide bonds. The van der Waals surface area contributed by atoms with Gasteiger partial charge in [0.1, 0.15) is 11.5 Å². The summed E-state index contributed by atoms with van der Waals surface area (Å²) in [4.78, 5) is 16.6. The highest BCUT2D eigenvalue weighted by Crippen LogP contribution is 2.29. The zero-order valence-corrected chi connectivity index (χ0v) is 15.1. The molecule has 0 saturated heterocycles. The van der Waals surface area contributed by atoms with E-state index in [1.165, 1.54) is 12.8 Å². The van der Waals surface area contributed by atoms with Crippen molar-refractivity contribution >= 4 is 38.9 Å². The van der Waals surface area contributed by atoms with E-state index < -0.39 is 0 Å². The number of benzene rings is 2. The van der Waals surface area contributed by atoms with Crippen LogP contribution in [0.1, 0.15) is 31.7 Å². The third kappa shape index (κ3) is 3.85. The van der Waals surface area contributed by atoms with Gasteiger partial charge in [0.05, 0.1) is 18.0 Å². The van der Waals surface area contributed by atoms with E-state index in [0.29, 0.717) is 5.71 Å². The Morgan fingerprint density at radius 2 is 1.92 bits per heavy atom. The van der Waals surface area contributed by atoms with Crippen molar-refractivity contribution < 1.29 is 9.53 Å². The summed E-state index contributed by atoms with van der Waals surface area (Å²) in [5.74, 6) is 0.650. The van der Waals surface area contributed by atoms with Gasteiger partial charge in [-0.2, -0.15) is 0 Å². The maximum absolute atomic E-state index is 12.1. The Balaban J connectivity index is 1.75. The van der Waals surface area contributed by atoms with Crippen LogP contribution in [-0.2, 0) is 4.79 Å². The lowest BCUT2D eigenvalue weighted by atomic mass is 10.1. The van der Waals surface area contributed by atoms with Gasteiger partial charge in [0, 0.05) is 10.0 Å². The smallest absolute Gasteiger partial charge is 0.275 e. The number of unbranched alkanes of at least 4 members (excludes halogenated alkanes) is 2. The van der Waals surface area contributed by atoms with Gasteiger partial charge >= 0.3 is 0 Å². The summed E-state index contributed by atoms with van der Waals surface area (Å²) < 4.78 is 6.61. The highest BCUT2D eigenvalue weighted by Gasteiger charge is 2.25. The first kappa shape index (κ1) is 16.7. The number of nitrogens with one attached hydrogen (secondary N) is 1. The second kappa shape index (κ2) is 7.62. The van der Waals surface area contributed by atoms with Crippen LogP contribution < -0.4 is 10.1 Å². The Kier molecular flexibility index (Phi) is 5.30. The van der Waals surface area contributed by atoms with Crippen molar-refractivity contribution in [1.29, 1.82) is 0 Å². The molecule has 0 unspecified atom stereocenters. The molecule has 5 heteroatoms. The molecule has 1 aliphatic heterocycles. The van der Waals surface area contributed by atoms with Crippen LogP contribution >= 0.6 is 15.9 Å². The third-order valence-electron chi connectivity index (χ3n) is 3.79. The number of amides is 1. The van der Waals surface area contributed by atoms with Crippen LogP contribution in [0, 0.1) is 0 Å². The van der Waals surface area contributed by atoms with E-state index in [-0.39, 0.29) is 5.91 Å². The number of aliphatic imine (C=N–C) groups is 1. The standard InChI is InChI=1S/C19H19BrN2O2/c1-2-3-4-11-24-15-8-6-14(7-9-15)21-18-16-12-13(20)5-10-17(16)22-19(18)23/h5-10,12H,2-4,11H2,1H3,(H,21,22,23). The summed E-state index contributed by atoms with van der Waals surface area (Å²) in [6, 6.07) is 13.2. The number of anilines is 1. The number of fused-ring (bicyclic) bond motifs is 1. The van der Waals surface area contributed by atoms with Crippen molar-refractivity contribution in [3.8, 4) is 5.75 Å². The molecule has 124 valence electrons. The Hall–Kier alpha value is -2.14. The monoisotopic (exact) mass is 386 g/mol. The van der Waals surface area contributed by atoms with E-state index in [0.717, 1.165) is 40.2 Å². The molecule has 1 heterocycles. The van der Waals surface area contributed by atoms with Crippen molar-refractivity contribution in [3.63, 3.8) is 0 Å². The number of carbonyl (C=O) groups excluding carboxylic acids is 1. The van der Waals surface area contributed by atoms with Crippen LogP contribution in [0.15, 0.2) is 51.9 Å². The summed E-state index contributed by atoms with van der Waals surface area (Å²) in [7, 11) is 0. The number of nitrogens with zero attached hydrogens (tertiary/aromatic N) is 1. The lowest BCUT2D eigenvalue weighted by molar-refractivity contribution is -0.110. The molecule has 0 atom stereocenters. The SMILES string of the molecule is CCCCCOc1ccc(N=C2C(=O)Nc3ccc(Br)cc32)cc1. The van der Waals surface area contributed by atoms with Crippen molar-refractivity contribution in [3.05, 3.63) is 52.5 Å². The average Bonchev–Trinajstić information content (AvgIpc) is 2.88.